The average molecular weight is 270 g/mol. The Bertz CT molecular complexity index is 288. The van der Waals surface area contributed by atoms with Gasteiger partial charge in [0, 0.05) is 25.8 Å². The molecule has 3 N–H and O–H groups in total. The molecule has 2 atom stereocenters. The van der Waals surface area contributed by atoms with Gasteiger partial charge in [-0.05, 0) is 51.0 Å². The summed E-state index contributed by atoms with van der Waals surface area (Å²) in [6.07, 6.45) is 3.56. The molecule has 0 bridgehead atoms. The van der Waals surface area contributed by atoms with E-state index in [0.717, 1.165) is 32.6 Å². The molecule has 1 heterocycles. The first kappa shape index (κ1) is 14.8. The van der Waals surface area contributed by atoms with E-state index in [-0.39, 0.29) is 11.9 Å². The Kier molecular flexibility index (Phi) is 5.60. The van der Waals surface area contributed by atoms with Crippen LogP contribution in [0.2, 0.25) is 0 Å². The Balaban J connectivity index is 1.62. The number of ether oxygens (including phenoxy) is 1. The van der Waals surface area contributed by atoms with E-state index in [1.165, 1.54) is 12.8 Å². The zero-order valence-electron chi connectivity index (χ0n) is 11.7. The van der Waals surface area contributed by atoms with E-state index in [2.05, 4.69) is 10.6 Å². The molecule has 1 amide bonds. The van der Waals surface area contributed by atoms with Crippen molar-refractivity contribution in [2.75, 3.05) is 26.3 Å². The molecule has 2 fully saturated rings. The molecule has 5 nitrogen and oxygen atoms in total. The second-order valence-electron chi connectivity index (χ2n) is 5.89. The molecule has 1 aliphatic heterocycles. The van der Waals surface area contributed by atoms with Gasteiger partial charge in [0.1, 0.15) is 6.10 Å². The van der Waals surface area contributed by atoms with Gasteiger partial charge in [0.15, 0.2) is 0 Å². The van der Waals surface area contributed by atoms with Crippen molar-refractivity contribution >= 4 is 5.91 Å². The molecular weight excluding hydrogens is 244 g/mol. The topological polar surface area (TPSA) is 70.6 Å². The van der Waals surface area contributed by atoms with Crippen LogP contribution in [0.25, 0.3) is 0 Å². The molecule has 19 heavy (non-hydrogen) atoms. The van der Waals surface area contributed by atoms with E-state index in [0.29, 0.717) is 18.4 Å². The largest absolute Gasteiger partial charge is 0.382 e. The van der Waals surface area contributed by atoms with Gasteiger partial charge in [0.25, 0.3) is 0 Å². The number of rotatable bonds is 7. The fourth-order valence-corrected chi connectivity index (χ4v) is 2.31. The number of carbonyl (C=O) groups is 1. The molecule has 110 valence electrons. The second kappa shape index (κ2) is 7.22. The van der Waals surface area contributed by atoms with Gasteiger partial charge in [0.05, 0.1) is 0 Å². The van der Waals surface area contributed by atoms with E-state index in [4.69, 9.17) is 4.74 Å². The van der Waals surface area contributed by atoms with Gasteiger partial charge < -0.3 is 20.5 Å². The fraction of sp³-hybridized carbons (Fsp3) is 0.929. The van der Waals surface area contributed by atoms with E-state index < -0.39 is 6.10 Å². The van der Waals surface area contributed by atoms with E-state index in [9.17, 15) is 9.90 Å². The van der Waals surface area contributed by atoms with Crippen molar-refractivity contribution in [2.24, 2.45) is 11.8 Å². The molecule has 2 rings (SSSR count). The predicted molar refractivity (Wildman–Crippen MR) is 72.7 cm³/mol. The van der Waals surface area contributed by atoms with Crippen LogP contribution in [0.4, 0.5) is 0 Å². The van der Waals surface area contributed by atoms with Crippen LogP contribution >= 0.6 is 0 Å². The summed E-state index contributed by atoms with van der Waals surface area (Å²) in [5.41, 5.74) is 0. The Hall–Kier alpha value is -0.650. The van der Waals surface area contributed by atoms with Crippen LogP contribution < -0.4 is 10.6 Å². The van der Waals surface area contributed by atoms with Crippen LogP contribution in [0.15, 0.2) is 0 Å². The third-order valence-corrected chi connectivity index (χ3v) is 4.07. The Morgan fingerprint density at radius 3 is 2.47 bits per heavy atom. The highest BCUT2D eigenvalue weighted by atomic mass is 16.5. The van der Waals surface area contributed by atoms with Gasteiger partial charge >= 0.3 is 0 Å². The van der Waals surface area contributed by atoms with Crippen LogP contribution in [0.3, 0.4) is 0 Å². The summed E-state index contributed by atoms with van der Waals surface area (Å²) in [4.78, 5) is 11.7. The lowest BCUT2D eigenvalue weighted by atomic mass is 9.99. The SMILES string of the molecule is CC(NCC1CCOCC1)C(O)C(=O)NCC1CC1. The maximum absolute atomic E-state index is 11.7. The second-order valence-corrected chi connectivity index (χ2v) is 5.89. The highest BCUT2D eigenvalue weighted by molar-refractivity contribution is 5.81. The molecule has 0 aromatic heterocycles. The number of aliphatic hydroxyl groups excluding tert-OH is 1. The number of hydrogen-bond donors (Lipinski definition) is 3. The summed E-state index contributed by atoms with van der Waals surface area (Å²) >= 11 is 0. The van der Waals surface area contributed by atoms with Crippen molar-refractivity contribution in [2.45, 2.75) is 44.8 Å². The van der Waals surface area contributed by atoms with E-state index >= 15 is 0 Å². The van der Waals surface area contributed by atoms with Crippen molar-refractivity contribution in [3.8, 4) is 0 Å². The van der Waals surface area contributed by atoms with Crippen LogP contribution in [0.5, 0.6) is 0 Å². The highest BCUT2D eigenvalue weighted by Crippen LogP contribution is 2.27. The summed E-state index contributed by atoms with van der Waals surface area (Å²) in [5, 5.41) is 16.0. The van der Waals surface area contributed by atoms with Crippen molar-refractivity contribution in [1.29, 1.82) is 0 Å². The molecule has 5 heteroatoms. The molecule has 0 radical (unpaired) electrons. The minimum Gasteiger partial charge on any atom is -0.382 e. The number of nitrogens with one attached hydrogen (secondary N) is 2. The maximum atomic E-state index is 11.7. The first-order valence-electron chi connectivity index (χ1n) is 7.43. The first-order valence-corrected chi connectivity index (χ1v) is 7.43. The molecular formula is C14H26N2O3. The van der Waals surface area contributed by atoms with E-state index in [1.807, 2.05) is 6.92 Å². The van der Waals surface area contributed by atoms with Crippen molar-refractivity contribution in [3.63, 3.8) is 0 Å². The quantitative estimate of drug-likeness (QED) is 0.621. The average Bonchev–Trinajstić information content (AvgIpc) is 3.26. The molecule has 1 saturated heterocycles. The zero-order valence-corrected chi connectivity index (χ0v) is 11.7. The van der Waals surface area contributed by atoms with Gasteiger partial charge in [-0.1, -0.05) is 0 Å². The van der Waals surface area contributed by atoms with Crippen LogP contribution in [0, 0.1) is 11.8 Å². The smallest absolute Gasteiger partial charge is 0.250 e. The fourth-order valence-electron chi connectivity index (χ4n) is 2.31. The Morgan fingerprint density at radius 2 is 1.84 bits per heavy atom. The number of amides is 1. The summed E-state index contributed by atoms with van der Waals surface area (Å²) < 4.78 is 5.31. The third kappa shape index (κ3) is 5.09. The van der Waals surface area contributed by atoms with Gasteiger partial charge in [-0.15, -0.1) is 0 Å². The molecule has 1 saturated carbocycles. The van der Waals surface area contributed by atoms with Crippen molar-refractivity contribution in [3.05, 3.63) is 0 Å². The number of aliphatic hydroxyl groups is 1. The van der Waals surface area contributed by atoms with E-state index in [1.54, 1.807) is 0 Å². The summed E-state index contributed by atoms with van der Waals surface area (Å²) in [5.74, 6) is 0.985. The molecule has 0 aromatic rings. The molecule has 1 aliphatic carbocycles. The number of hydrogen-bond acceptors (Lipinski definition) is 4. The van der Waals surface area contributed by atoms with Gasteiger partial charge in [0.2, 0.25) is 5.91 Å². The minimum absolute atomic E-state index is 0.206. The maximum Gasteiger partial charge on any atom is 0.250 e. The molecule has 2 aliphatic rings. The summed E-state index contributed by atoms with van der Waals surface area (Å²) in [7, 11) is 0. The van der Waals surface area contributed by atoms with Crippen LogP contribution in [-0.4, -0.2) is 49.5 Å². The lowest BCUT2D eigenvalue weighted by Gasteiger charge is -2.26. The Labute approximate surface area is 115 Å². The molecule has 0 spiro atoms. The zero-order chi connectivity index (χ0) is 13.7. The Morgan fingerprint density at radius 1 is 1.21 bits per heavy atom. The summed E-state index contributed by atoms with van der Waals surface area (Å²) in [6, 6.07) is -0.206. The lowest BCUT2D eigenvalue weighted by Crippen LogP contribution is -2.49. The lowest BCUT2D eigenvalue weighted by molar-refractivity contribution is -0.130. The van der Waals surface area contributed by atoms with Gasteiger partial charge in [-0.3, -0.25) is 4.79 Å². The molecule has 2 unspecified atom stereocenters. The number of carbonyl (C=O) groups excluding carboxylic acids is 1. The van der Waals surface area contributed by atoms with Crippen LogP contribution in [0.1, 0.15) is 32.6 Å². The standard InChI is InChI=1S/C14H26N2O3/c1-10(15-8-12-4-6-19-7-5-12)13(17)14(18)16-9-11-2-3-11/h10-13,15,17H,2-9H2,1H3,(H,16,18). The minimum atomic E-state index is -0.960. The van der Waals surface area contributed by atoms with Crippen molar-refractivity contribution in [1.82, 2.24) is 10.6 Å². The highest BCUT2D eigenvalue weighted by Gasteiger charge is 2.26. The predicted octanol–water partition coefficient (Wildman–Crippen LogP) is 0.278. The molecule has 0 aromatic carbocycles. The van der Waals surface area contributed by atoms with Gasteiger partial charge in [-0.2, -0.15) is 0 Å². The third-order valence-electron chi connectivity index (χ3n) is 4.07. The monoisotopic (exact) mass is 270 g/mol. The summed E-state index contributed by atoms with van der Waals surface area (Å²) in [6.45, 7) is 5.07. The normalized spacial score (nSPS) is 23.9. The first-order chi connectivity index (χ1) is 9.16. The van der Waals surface area contributed by atoms with Crippen LogP contribution in [-0.2, 0) is 9.53 Å². The van der Waals surface area contributed by atoms with Crippen molar-refractivity contribution < 1.29 is 14.6 Å². The van der Waals surface area contributed by atoms with Gasteiger partial charge in [-0.25, -0.2) is 0 Å².